The SMILES string of the molecule is Cc1ccc(Cc2nc3n(n2)C(O)CCC3)cc1. The van der Waals surface area contributed by atoms with E-state index in [1.165, 1.54) is 11.1 Å². The smallest absolute Gasteiger partial charge is 0.155 e. The number of hydrogen-bond acceptors (Lipinski definition) is 3. The van der Waals surface area contributed by atoms with Crippen LogP contribution in [0.1, 0.15) is 41.8 Å². The van der Waals surface area contributed by atoms with Gasteiger partial charge in [-0.3, -0.25) is 0 Å². The van der Waals surface area contributed by atoms with Crippen LogP contribution in [0.5, 0.6) is 0 Å². The maximum atomic E-state index is 9.84. The molecular formula is C14H17N3O. The second kappa shape index (κ2) is 4.53. The molecule has 0 saturated carbocycles. The third kappa shape index (κ3) is 2.16. The Morgan fingerprint density at radius 1 is 1.33 bits per heavy atom. The molecule has 0 saturated heterocycles. The van der Waals surface area contributed by atoms with Crippen LogP contribution in [0.25, 0.3) is 0 Å². The van der Waals surface area contributed by atoms with Gasteiger partial charge in [-0.05, 0) is 25.3 Å². The molecule has 1 unspecified atom stereocenters. The second-order valence-corrected chi connectivity index (χ2v) is 4.92. The molecule has 1 aliphatic heterocycles. The fourth-order valence-corrected chi connectivity index (χ4v) is 2.34. The molecule has 94 valence electrons. The van der Waals surface area contributed by atoms with E-state index >= 15 is 0 Å². The standard InChI is InChI=1S/C14H17N3O/c1-10-5-7-11(8-6-10)9-12-15-13-3-2-4-14(18)17(13)16-12/h5-8,14,18H,2-4,9H2,1H3. The summed E-state index contributed by atoms with van der Waals surface area (Å²) in [6, 6.07) is 8.40. The van der Waals surface area contributed by atoms with Gasteiger partial charge in [-0.25, -0.2) is 9.67 Å². The van der Waals surface area contributed by atoms with Crippen LogP contribution in [0.15, 0.2) is 24.3 Å². The summed E-state index contributed by atoms with van der Waals surface area (Å²) in [5, 5.41) is 14.2. The monoisotopic (exact) mass is 243 g/mol. The van der Waals surface area contributed by atoms with Crippen molar-refractivity contribution in [2.45, 2.75) is 38.8 Å². The van der Waals surface area contributed by atoms with Crippen LogP contribution in [0.2, 0.25) is 0 Å². The number of aromatic nitrogens is 3. The fraction of sp³-hybridized carbons (Fsp3) is 0.429. The van der Waals surface area contributed by atoms with Gasteiger partial charge in [-0.2, -0.15) is 5.10 Å². The van der Waals surface area contributed by atoms with E-state index in [1.54, 1.807) is 4.68 Å². The Morgan fingerprint density at radius 2 is 2.11 bits per heavy atom. The zero-order valence-corrected chi connectivity index (χ0v) is 10.5. The van der Waals surface area contributed by atoms with Crippen molar-refractivity contribution in [2.24, 2.45) is 0 Å². The van der Waals surface area contributed by atoms with Crippen molar-refractivity contribution in [2.75, 3.05) is 0 Å². The number of rotatable bonds is 2. The van der Waals surface area contributed by atoms with Gasteiger partial charge in [0.2, 0.25) is 0 Å². The molecule has 0 bridgehead atoms. The highest BCUT2D eigenvalue weighted by molar-refractivity contribution is 5.23. The van der Waals surface area contributed by atoms with Gasteiger partial charge in [0.05, 0.1) is 0 Å². The van der Waals surface area contributed by atoms with Crippen molar-refractivity contribution in [1.82, 2.24) is 14.8 Å². The first-order valence-corrected chi connectivity index (χ1v) is 6.40. The molecule has 1 atom stereocenters. The first kappa shape index (κ1) is 11.4. The molecule has 2 aromatic rings. The summed E-state index contributed by atoms with van der Waals surface area (Å²) >= 11 is 0. The lowest BCUT2D eigenvalue weighted by Gasteiger charge is -2.17. The Kier molecular flexibility index (Phi) is 2.88. The average Bonchev–Trinajstić information content (AvgIpc) is 2.76. The minimum atomic E-state index is -0.493. The lowest BCUT2D eigenvalue weighted by Crippen LogP contribution is -2.18. The van der Waals surface area contributed by atoms with E-state index < -0.39 is 6.23 Å². The predicted molar refractivity (Wildman–Crippen MR) is 68.2 cm³/mol. The van der Waals surface area contributed by atoms with E-state index in [4.69, 9.17) is 0 Å². The molecule has 1 aliphatic rings. The van der Waals surface area contributed by atoms with Gasteiger partial charge in [-0.15, -0.1) is 0 Å². The molecule has 2 heterocycles. The average molecular weight is 243 g/mol. The first-order valence-electron chi connectivity index (χ1n) is 6.40. The van der Waals surface area contributed by atoms with Gasteiger partial charge >= 0.3 is 0 Å². The number of aliphatic hydroxyl groups is 1. The van der Waals surface area contributed by atoms with E-state index in [9.17, 15) is 5.11 Å². The highest BCUT2D eigenvalue weighted by Gasteiger charge is 2.20. The predicted octanol–water partition coefficient (Wildman–Crippen LogP) is 2.00. The maximum Gasteiger partial charge on any atom is 0.155 e. The molecule has 3 rings (SSSR count). The van der Waals surface area contributed by atoms with Crippen molar-refractivity contribution >= 4 is 0 Å². The van der Waals surface area contributed by atoms with Crippen molar-refractivity contribution < 1.29 is 5.11 Å². The van der Waals surface area contributed by atoms with Crippen molar-refractivity contribution in [3.05, 3.63) is 47.0 Å². The molecule has 0 radical (unpaired) electrons. The molecule has 4 heteroatoms. The third-order valence-corrected chi connectivity index (χ3v) is 3.37. The van der Waals surface area contributed by atoms with Gasteiger partial charge in [0, 0.05) is 12.8 Å². The third-order valence-electron chi connectivity index (χ3n) is 3.37. The van der Waals surface area contributed by atoms with Crippen molar-refractivity contribution in [3.8, 4) is 0 Å². The number of hydrogen-bond donors (Lipinski definition) is 1. The van der Waals surface area contributed by atoms with Crippen LogP contribution in [0.3, 0.4) is 0 Å². The van der Waals surface area contributed by atoms with Crippen LogP contribution in [0, 0.1) is 6.92 Å². The van der Waals surface area contributed by atoms with Crippen molar-refractivity contribution in [1.29, 1.82) is 0 Å². The largest absolute Gasteiger partial charge is 0.372 e. The summed E-state index contributed by atoms with van der Waals surface area (Å²) in [6.07, 6.45) is 2.92. The second-order valence-electron chi connectivity index (χ2n) is 4.92. The first-order chi connectivity index (χ1) is 8.72. The lowest BCUT2D eigenvalue weighted by molar-refractivity contribution is 0.0644. The van der Waals surface area contributed by atoms with Crippen LogP contribution >= 0.6 is 0 Å². The minimum Gasteiger partial charge on any atom is -0.372 e. The van der Waals surface area contributed by atoms with Crippen LogP contribution in [-0.2, 0) is 12.8 Å². The molecule has 0 fully saturated rings. The van der Waals surface area contributed by atoms with E-state index in [0.29, 0.717) is 0 Å². The zero-order chi connectivity index (χ0) is 12.5. The highest BCUT2D eigenvalue weighted by Crippen LogP contribution is 2.21. The highest BCUT2D eigenvalue weighted by atomic mass is 16.3. The van der Waals surface area contributed by atoms with Gasteiger partial charge in [0.1, 0.15) is 12.1 Å². The molecule has 4 nitrogen and oxygen atoms in total. The maximum absolute atomic E-state index is 9.84. The quantitative estimate of drug-likeness (QED) is 0.877. The molecule has 1 aromatic carbocycles. The molecule has 1 aromatic heterocycles. The summed E-state index contributed by atoms with van der Waals surface area (Å²) in [4.78, 5) is 4.51. The summed E-state index contributed by atoms with van der Waals surface area (Å²) in [5.41, 5.74) is 2.46. The summed E-state index contributed by atoms with van der Waals surface area (Å²) < 4.78 is 1.67. The van der Waals surface area contributed by atoms with Crippen LogP contribution < -0.4 is 0 Å². The number of fused-ring (bicyclic) bond motifs is 1. The Balaban J connectivity index is 1.83. The van der Waals surface area contributed by atoms with E-state index in [2.05, 4.69) is 41.3 Å². The topological polar surface area (TPSA) is 50.9 Å². The van der Waals surface area contributed by atoms with Crippen LogP contribution in [-0.4, -0.2) is 19.9 Å². The van der Waals surface area contributed by atoms with Gasteiger partial charge < -0.3 is 5.11 Å². The molecule has 0 aliphatic carbocycles. The molecule has 1 N–H and O–H groups in total. The Labute approximate surface area is 106 Å². The zero-order valence-electron chi connectivity index (χ0n) is 10.5. The minimum absolute atomic E-state index is 0.493. The number of benzene rings is 1. The molecular weight excluding hydrogens is 226 g/mol. The Hall–Kier alpha value is -1.68. The number of aliphatic hydroxyl groups excluding tert-OH is 1. The fourth-order valence-electron chi connectivity index (χ4n) is 2.34. The van der Waals surface area contributed by atoms with E-state index in [-0.39, 0.29) is 0 Å². The van der Waals surface area contributed by atoms with Crippen molar-refractivity contribution in [3.63, 3.8) is 0 Å². The van der Waals surface area contributed by atoms with E-state index in [0.717, 1.165) is 37.3 Å². The normalized spacial score (nSPS) is 18.7. The number of nitrogens with zero attached hydrogens (tertiary/aromatic N) is 3. The molecule has 18 heavy (non-hydrogen) atoms. The van der Waals surface area contributed by atoms with Gasteiger partial charge in [0.25, 0.3) is 0 Å². The lowest BCUT2D eigenvalue weighted by atomic mass is 10.1. The molecule has 0 amide bonds. The van der Waals surface area contributed by atoms with Crippen LogP contribution in [0.4, 0.5) is 0 Å². The summed E-state index contributed by atoms with van der Waals surface area (Å²) in [5.74, 6) is 1.71. The van der Waals surface area contributed by atoms with Gasteiger partial charge in [0.15, 0.2) is 5.82 Å². The number of aryl methyl sites for hydroxylation is 2. The summed E-state index contributed by atoms with van der Waals surface area (Å²) in [6.45, 7) is 2.08. The summed E-state index contributed by atoms with van der Waals surface area (Å²) in [7, 11) is 0. The molecule has 0 spiro atoms. The Bertz CT molecular complexity index is 545. The van der Waals surface area contributed by atoms with E-state index in [1.807, 2.05) is 0 Å². The Morgan fingerprint density at radius 3 is 2.83 bits per heavy atom. The van der Waals surface area contributed by atoms with Gasteiger partial charge in [-0.1, -0.05) is 29.8 Å².